The number of nitrogens with zero attached hydrogens (tertiary/aromatic N) is 1. The predicted molar refractivity (Wildman–Crippen MR) is 79.4 cm³/mol. The van der Waals surface area contributed by atoms with Gasteiger partial charge in [-0.25, -0.2) is 0 Å². The number of rotatable bonds is 3. The third kappa shape index (κ3) is 3.40. The van der Waals surface area contributed by atoms with Gasteiger partial charge in [0.15, 0.2) is 0 Å². The number of hydrogen-bond donors (Lipinski definition) is 1. The average molecular weight is 271 g/mol. The van der Waals surface area contributed by atoms with E-state index in [4.69, 9.17) is 5.11 Å². The maximum atomic E-state index is 12.6. The van der Waals surface area contributed by atoms with E-state index in [0.717, 1.165) is 18.4 Å². The van der Waals surface area contributed by atoms with Crippen LogP contribution >= 0.6 is 0 Å². The minimum atomic E-state index is 0.0467. The molecule has 1 fully saturated rings. The molecule has 0 radical (unpaired) electrons. The van der Waals surface area contributed by atoms with Gasteiger partial charge in [-0.1, -0.05) is 36.8 Å². The number of carbonyl (C=O) groups excluding carboxylic acids is 1. The third-order valence-corrected chi connectivity index (χ3v) is 3.81. The number of amides is 1. The molecule has 0 aromatic heterocycles. The highest BCUT2D eigenvalue weighted by atomic mass is 16.2. The van der Waals surface area contributed by atoms with Crippen LogP contribution in [-0.2, 0) is 0 Å². The van der Waals surface area contributed by atoms with Gasteiger partial charge in [0.05, 0.1) is 12.2 Å². The lowest BCUT2D eigenvalue weighted by Crippen LogP contribution is -2.35. The molecule has 3 heteroatoms. The van der Waals surface area contributed by atoms with Crippen LogP contribution in [0.2, 0.25) is 0 Å². The second kappa shape index (κ2) is 7.12. The van der Waals surface area contributed by atoms with Gasteiger partial charge in [0.1, 0.15) is 0 Å². The minimum Gasteiger partial charge on any atom is -0.395 e. The lowest BCUT2D eigenvalue weighted by molar-refractivity contribution is 0.0735. The van der Waals surface area contributed by atoms with Crippen molar-refractivity contribution >= 4 is 5.91 Å². The molecule has 3 nitrogen and oxygen atoms in total. The molecule has 1 aliphatic carbocycles. The van der Waals surface area contributed by atoms with E-state index in [9.17, 15) is 4.79 Å². The van der Waals surface area contributed by atoms with Crippen LogP contribution in [0.1, 0.15) is 48.0 Å². The van der Waals surface area contributed by atoms with Crippen LogP contribution in [0.3, 0.4) is 0 Å². The number of aliphatic hydroxyl groups excluding tert-OH is 1. The first kappa shape index (κ1) is 14.6. The predicted octanol–water partition coefficient (Wildman–Crippen LogP) is 2.44. The smallest absolute Gasteiger partial charge is 0.255 e. The first-order valence-electron chi connectivity index (χ1n) is 7.20. The molecule has 0 aliphatic heterocycles. The maximum absolute atomic E-state index is 12.6. The molecule has 20 heavy (non-hydrogen) atoms. The Morgan fingerprint density at radius 1 is 1.35 bits per heavy atom. The SMILES string of the molecule is CN(C(=O)c1ccccc1C#CCCO)C1CCCC1. The van der Waals surface area contributed by atoms with Gasteiger partial charge in [-0.05, 0) is 25.0 Å². The van der Waals surface area contributed by atoms with Gasteiger partial charge in [-0.3, -0.25) is 4.79 Å². The Kier molecular flexibility index (Phi) is 5.20. The summed E-state index contributed by atoms with van der Waals surface area (Å²) in [5.41, 5.74) is 1.41. The molecule has 106 valence electrons. The average Bonchev–Trinajstić information content (AvgIpc) is 3.01. The van der Waals surface area contributed by atoms with Gasteiger partial charge in [0, 0.05) is 25.1 Å². The lowest BCUT2D eigenvalue weighted by Gasteiger charge is -2.24. The topological polar surface area (TPSA) is 40.5 Å². The van der Waals surface area contributed by atoms with Crippen LogP contribution in [0.25, 0.3) is 0 Å². The Labute approximate surface area is 120 Å². The summed E-state index contributed by atoms with van der Waals surface area (Å²) in [6.45, 7) is 0.0467. The summed E-state index contributed by atoms with van der Waals surface area (Å²) in [6, 6.07) is 7.81. The minimum absolute atomic E-state index is 0.0467. The first-order valence-corrected chi connectivity index (χ1v) is 7.20. The quantitative estimate of drug-likeness (QED) is 0.858. The van der Waals surface area contributed by atoms with Gasteiger partial charge in [-0.15, -0.1) is 0 Å². The molecule has 1 amide bonds. The largest absolute Gasteiger partial charge is 0.395 e. The fraction of sp³-hybridized carbons (Fsp3) is 0.471. The molecule has 0 spiro atoms. The normalized spacial score (nSPS) is 14.7. The summed E-state index contributed by atoms with van der Waals surface area (Å²) in [5, 5.41) is 8.78. The van der Waals surface area contributed by atoms with E-state index in [-0.39, 0.29) is 12.5 Å². The van der Waals surface area contributed by atoms with Crippen LogP contribution in [0.15, 0.2) is 24.3 Å². The molecule has 0 atom stereocenters. The third-order valence-electron chi connectivity index (χ3n) is 3.81. The Bertz CT molecular complexity index is 521. The Morgan fingerprint density at radius 3 is 2.75 bits per heavy atom. The number of aliphatic hydroxyl groups is 1. The van der Waals surface area contributed by atoms with Crippen LogP contribution < -0.4 is 0 Å². The van der Waals surface area contributed by atoms with Crippen molar-refractivity contribution in [1.29, 1.82) is 0 Å². The molecular weight excluding hydrogens is 250 g/mol. The van der Waals surface area contributed by atoms with Crippen LogP contribution in [0.4, 0.5) is 0 Å². The molecule has 0 saturated heterocycles. The standard InChI is InChI=1S/C17H21NO2/c1-18(15-10-3-4-11-15)17(20)16-12-5-2-8-14(16)9-6-7-13-19/h2,5,8,12,15,19H,3-4,7,10-11,13H2,1H3. The highest BCUT2D eigenvalue weighted by Crippen LogP contribution is 2.24. The van der Waals surface area contributed by atoms with Crippen LogP contribution in [-0.4, -0.2) is 35.6 Å². The van der Waals surface area contributed by atoms with E-state index in [1.807, 2.05) is 36.2 Å². The second-order valence-corrected chi connectivity index (χ2v) is 5.18. The van der Waals surface area contributed by atoms with E-state index in [0.29, 0.717) is 18.0 Å². The summed E-state index contributed by atoms with van der Waals surface area (Å²) in [6.07, 6.45) is 5.04. The van der Waals surface area contributed by atoms with Gasteiger partial charge in [0.25, 0.3) is 5.91 Å². The number of hydrogen-bond acceptors (Lipinski definition) is 2. The molecule has 1 aromatic carbocycles. The van der Waals surface area contributed by atoms with Gasteiger partial charge >= 0.3 is 0 Å². The number of benzene rings is 1. The zero-order valence-electron chi connectivity index (χ0n) is 11.9. The summed E-state index contributed by atoms with van der Waals surface area (Å²) in [4.78, 5) is 14.5. The van der Waals surface area contributed by atoms with Crippen molar-refractivity contribution in [3.63, 3.8) is 0 Å². The van der Waals surface area contributed by atoms with Gasteiger partial charge < -0.3 is 10.0 Å². The van der Waals surface area contributed by atoms with Gasteiger partial charge in [-0.2, -0.15) is 0 Å². The molecule has 1 aromatic rings. The van der Waals surface area contributed by atoms with Crippen molar-refractivity contribution in [2.24, 2.45) is 0 Å². The van der Waals surface area contributed by atoms with E-state index < -0.39 is 0 Å². The van der Waals surface area contributed by atoms with Crippen molar-refractivity contribution in [3.8, 4) is 11.8 Å². The van der Waals surface area contributed by atoms with Crippen molar-refractivity contribution in [2.75, 3.05) is 13.7 Å². The summed E-state index contributed by atoms with van der Waals surface area (Å²) < 4.78 is 0. The van der Waals surface area contributed by atoms with E-state index in [1.54, 1.807) is 0 Å². The summed E-state index contributed by atoms with van der Waals surface area (Å²) >= 11 is 0. The molecule has 1 N–H and O–H groups in total. The van der Waals surface area contributed by atoms with Crippen molar-refractivity contribution in [1.82, 2.24) is 4.90 Å². The highest BCUT2D eigenvalue weighted by Gasteiger charge is 2.25. The molecular formula is C17H21NO2. The van der Waals surface area contributed by atoms with E-state index in [2.05, 4.69) is 11.8 Å². The zero-order chi connectivity index (χ0) is 14.4. The van der Waals surface area contributed by atoms with E-state index in [1.165, 1.54) is 12.8 Å². The Hall–Kier alpha value is -1.79. The van der Waals surface area contributed by atoms with Crippen LogP contribution in [0, 0.1) is 11.8 Å². The molecule has 1 aliphatic rings. The maximum Gasteiger partial charge on any atom is 0.255 e. The zero-order valence-corrected chi connectivity index (χ0v) is 11.9. The molecule has 0 unspecified atom stereocenters. The molecule has 0 bridgehead atoms. The fourth-order valence-electron chi connectivity index (χ4n) is 2.64. The first-order chi connectivity index (χ1) is 9.74. The second-order valence-electron chi connectivity index (χ2n) is 5.18. The molecule has 1 saturated carbocycles. The van der Waals surface area contributed by atoms with E-state index >= 15 is 0 Å². The number of carbonyl (C=O) groups is 1. The Morgan fingerprint density at radius 2 is 2.05 bits per heavy atom. The van der Waals surface area contributed by atoms with Crippen molar-refractivity contribution in [3.05, 3.63) is 35.4 Å². The molecule has 2 rings (SSSR count). The Balaban J connectivity index is 2.19. The lowest BCUT2D eigenvalue weighted by atomic mass is 10.1. The van der Waals surface area contributed by atoms with Crippen molar-refractivity contribution < 1.29 is 9.90 Å². The van der Waals surface area contributed by atoms with Gasteiger partial charge in [0.2, 0.25) is 0 Å². The monoisotopic (exact) mass is 271 g/mol. The fourth-order valence-corrected chi connectivity index (χ4v) is 2.64. The summed E-state index contributed by atoms with van der Waals surface area (Å²) in [7, 11) is 1.89. The highest BCUT2D eigenvalue weighted by molar-refractivity contribution is 5.96. The van der Waals surface area contributed by atoms with Crippen molar-refractivity contribution in [2.45, 2.75) is 38.1 Å². The van der Waals surface area contributed by atoms with Crippen LogP contribution in [0.5, 0.6) is 0 Å². The summed E-state index contributed by atoms with van der Waals surface area (Å²) in [5.74, 6) is 5.91. The molecule has 0 heterocycles.